The number of rotatable bonds is 6. The van der Waals surface area contributed by atoms with Crippen LogP contribution in [0.2, 0.25) is 0 Å². The largest absolute Gasteiger partial charge is 0.489 e. The fraction of sp³-hybridized carbons (Fsp3) is 0.333. The lowest BCUT2D eigenvalue weighted by Crippen LogP contribution is -2.11. The number of fused-ring (bicyclic) bond motifs is 3. The number of carboxylic acids is 1. The zero-order chi connectivity index (χ0) is 23.9. The van der Waals surface area contributed by atoms with Crippen LogP contribution in [0.1, 0.15) is 61.3 Å². The lowest BCUT2D eigenvalue weighted by atomic mass is 10.0. The van der Waals surface area contributed by atoms with Crippen LogP contribution in [0.3, 0.4) is 0 Å². The van der Waals surface area contributed by atoms with Crippen LogP contribution in [0.15, 0.2) is 40.9 Å². The van der Waals surface area contributed by atoms with Gasteiger partial charge in [0.05, 0.1) is 18.1 Å². The molecule has 0 amide bonds. The number of hydrogen-bond acceptors (Lipinski definition) is 6. The maximum absolute atomic E-state index is 11.2. The van der Waals surface area contributed by atoms with E-state index in [1.54, 1.807) is 12.1 Å². The number of nitriles is 1. The number of carboxylic acid groups (broad SMARTS) is 1. The molecule has 35 heavy (non-hydrogen) atoms. The van der Waals surface area contributed by atoms with Gasteiger partial charge < -0.3 is 19.4 Å². The molecule has 0 aliphatic heterocycles. The summed E-state index contributed by atoms with van der Waals surface area (Å²) in [5.41, 5.74) is 5.12. The van der Waals surface area contributed by atoms with E-state index in [0.717, 1.165) is 60.7 Å². The molecular weight excluding hydrogens is 444 g/mol. The van der Waals surface area contributed by atoms with Crippen LogP contribution in [0.4, 0.5) is 0 Å². The highest BCUT2D eigenvalue weighted by Crippen LogP contribution is 2.40. The van der Waals surface area contributed by atoms with E-state index < -0.39 is 5.97 Å². The second-order valence-corrected chi connectivity index (χ2v) is 9.38. The molecular formula is C27H24N4O4. The summed E-state index contributed by atoms with van der Waals surface area (Å²) in [6.45, 7) is 0. The van der Waals surface area contributed by atoms with E-state index in [1.807, 2.05) is 24.3 Å². The summed E-state index contributed by atoms with van der Waals surface area (Å²) in [6.07, 6.45) is 6.36. The predicted molar refractivity (Wildman–Crippen MR) is 128 cm³/mol. The van der Waals surface area contributed by atoms with Crippen molar-refractivity contribution in [3.8, 4) is 34.7 Å². The highest BCUT2D eigenvalue weighted by molar-refractivity contribution is 5.89. The van der Waals surface area contributed by atoms with Crippen molar-refractivity contribution in [2.24, 2.45) is 0 Å². The summed E-state index contributed by atoms with van der Waals surface area (Å²) in [7, 11) is 0. The Balaban J connectivity index is 1.28. The topological polar surface area (TPSA) is 125 Å². The molecule has 0 spiro atoms. The van der Waals surface area contributed by atoms with Crippen molar-refractivity contribution in [1.82, 2.24) is 15.1 Å². The van der Waals surface area contributed by atoms with Crippen molar-refractivity contribution in [2.45, 2.75) is 57.0 Å². The molecule has 176 valence electrons. The van der Waals surface area contributed by atoms with Gasteiger partial charge in [0.25, 0.3) is 5.89 Å². The van der Waals surface area contributed by atoms with E-state index in [9.17, 15) is 15.2 Å². The maximum Gasteiger partial charge on any atom is 0.304 e. The Bertz CT molecular complexity index is 1470. The first kappa shape index (κ1) is 21.4. The van der Waals surface area contributed by atoms with Crippen molar-refractivity contribution >= 4 is 16.9 Å². The Labute approximate surface area is 201 Å². The van der Waals surface area contributed by atoms with Crippen LogP contribution in [0, 0.1) is 11.3 Å². The SMILES string of the molecule is N#Cc1cc(-c2nc(-c3ccc4[nH]c5c(c4c3)CCC5CC(=O)O)no2)ccc1OC1CCCC1. The molecule has 4 aromatic rings. The molecule has 8 nitrogen and oxygen atoms in total. The molecule has 2 heterocycles. The predicted octanol–water partition coefficient (Wildman–Crippen LogP) is 5.58. The summed E-state index contributed by atoms with van der Waals surface area (Å²) < 4.78 is 11.6. The molecule has 1 saturated carbocycles. The number of hydrogen-bond donors (Lipinski definition) is 2. The van der Waals surface area contributed by atoms with Crippen molar-refractivity contribution in [3.05, 3.63) is 53.2 Å². The molecule has 1 atom stereocenters. The quantitative estimate of drug-likeness (QED) is 0.378. The van der Waals surface area contributed by atoms with Gasteiger partial charge in [-0.25, -0.2) is 0 Å². The Morgan fingerprint density at radius 1 is 1.17 bits per heavy atom. The first-order valence-electron chi connectivity index (χ1n) is 12.0. The van der Waals surface area contributed by atoms with Crippen LogP contribution in [-0.2, 0) is 11.2 Å². The van der Waals surface area contributed by atoms with Crippen LogP contribution in [-0.4, -0.2) is 32.3 Å². The number of ether oxygens (including phenoxy) is 1. The van der Waals surface area contributed by atoms with Crippen LogP contribution >= 0.6 is 0 Å². The molecule has 0 radical (unpaired) electrons. The highest BCUT2D eigenvalue weighted by atomic mass is 16.5. The van der Waals surface area contributed by atoms with Gasteiger partial charge in [-0.2, -0.15) is 10.2 Å². The Morgan fingerprint density at radius 3 is 2.80 bits per heavy atom. The molecule has 2 N–H and O–H groups in total. The fourth-order valence-electron chi connectivity index (χ4n) is 5.40. The van der Waals surface area contributed by atoms with Gasteiger partial charge in [-0.1, -0.05) is 5.16 Å². The lowest BCUT2D eigenvalue weighted by molar-refractivity contribution is -0.137. The fourth-order valence-corrected chi connectivity index (χ4v) is 5.40. The first-order chi connectivity index (χ1) is 17.1. The third-order valence-electron chi connectivity index (χ3n) is 7.14. The normalized spacial score (nSPS) is 17.5. The number of aromatic amines is 1. The number of aliphatic carboxylic acids is 1. The van der Waals surface area contributed by atoms with E-state index in [2.05, 4.69) is 21.2 Å². The Kier molecular flexibility index (Phi) is 5.25. The summed E-state index contributed by atoms with van der Waals surface area (Å²) in [5, 5.41) is 24.1. The van der Waals surface area contributed by atoms with Gasteiger partial charge in [-0.15, -0.1) is 0 Å². The maximum atomic E-state index is 11.2. The minimum absolute atomic E-state index is 0.0186. The minimum atomic E-state index is -0.779. The molecule has 1 unspecified atom stereocenters. The molecule has 0 bridgehead atoms. The van der Waals surface area contributed by atoms with Crippen molar-refractivity contribution in [2.75, 3.05) is 0 Å². The van der Waals surface area contributed by atoms with Crippen molar-refractivity contribution in [1.29, 1.82) is 5.26 Å². The van der Waals surface area contributed by atoms with Gasteiger partial charge in [-0.05, 0) is 80.5 Å². The number of aromatic nitrogens is 3. The van der Waals surface area contributed by atoms with E-state index >= 15 is 0 Å². The monoisotopic (exact) mass is 468 g/mol. The van der Waals surface area contributed by atoms with E-state index in [4.69, 9.17) is 9.26 Å². The van der Waals surface area contributed by atoms with Crippen LogP contribution < -0.4 is 4.74 Å². The molecule has 2 aliphatic rings. The third-order valence-corrected chi connectivity index (χ3v) is 7.14. The van der Waals surface area contributed by atoms with Gasteiger partial charge in [-0.3, -0.25) is 4.79 Å². The van der Waals surface area contributed by atoms with Crippen LogP contribution in [0.5, 0.6) is 5.75 Å². The summed E-state index contributed by atoms with van der Waals surface area (Å²) in [4.78, 5) is 19.2. The number of aryl methyl sites for hydroxylation is 1. The highest BCUT2D eigenvalue weighted by Gasteiger charge is 2.28. The zero-order valence-corrected chi connectivity index (χ0v) is 19.1. The number of carbonyl (C=O) groups is 1. The molecule has 2 aromatic heterocycles. The molecule has 6 rings (SSSR count). The molecule has 0 saturated heterocycles. The Hall–Kier alpha value is -4.12. The average molecular weight is 469 g/mol. The summed E-state index contributed by atoms with van der Waals surface area (Å²) >= 11 is 0. The van der Waals surface area contributed by atoms with Crippen LogP contribution in [0.25, 0.3) is 33.7 Å². The first-order valence-corrected chi connectivity index (χ1v) is 12.0. The van der Waals surface area contributed by atoms with Gasteiger partial charge in [0.1, 0.15) is 11.8 Å². The van der Waals surface area contributed by atoms with E-state index in [-0.39, 0.29) is 18.4 Å². The van der Waals surface area contributed by atoms with E-state index in [1.165, 1.54) is 5.56 Å². The summed E-state index contributed by atoms with van der Waals surface area (Å²) in [6, 6.07) is 13.5. The zero-order valence-electron chi connectivity index (χ0n) is 19.1. The lowest BCUT2D eigenvalue weighted by Gasteiger charge is -2.14. The van der Waals surface area contributed by atoms with Crippen molar-refractivity contribution in [3.63, 3.8) is 0 Å². The molecule has 2 aliphatic carbocycles. The number of benzene rings is 2. The van der Waals surface area contributed by atoms with Gasteiger partial charge in [0.2, 0.25) is 5.82 Å². The van der Waals surface area contributed by atoms with Gasteiger partial charge >= 0.3 is 5.97 Å². The van der Waals surface area contributed by atoms with Crippen molar-refractivity contribution < 1.29 is 19.2 Å². The smallest absolute Gasteiger partial charge is 0.304 e. The standard InChI is InChI=1S/C27H24N4O4/c28-14-18-11-17(7-10-23(18)34-19-3-1-2-4-19)27-30-26(31-35-27)16-6-9-22-21(12-16)20-8-5-15(13-24(32)33)25(20)29-22/h6-7,9-12,15,19,29H,1-5,8,13H2,(H,32,33). The second kappa shape index (κ2) is 8.58. The minimum Gasteiger partial charge on any atom is -0.489 e. The van der Waals surface area contributed by atoms with Gasteiger partial charge in [0, 0.05) is 33.6 Å². The number of nitrogens with one attached hydrogen (secondary N) is 1. The summed E-state index contributed by atoms with van der Waals surface area (Å²) in [5.74, 6) is 0.631. The second-order valence-electron chi connectivity index (χ2n) is 9.38. The number of nitrogens with zero attached hydrogens (tertiary/aromatic N) is 3. The molecule has 1 fully saturated rings. The van der Waals surface area contributed by atoms with Gasteiger partial charge in [0.15, 0.2) is 0 Å². The molecule has 2 aromatic carbocycles. The number of H-pyrrole nitrogens is 1. The Morgan fingerprint density at radius 2 is 2.00 bits per heavy atom. The average Bonchev–Trinajstić information content (AvgIpc) is 3.65. The molecule has 8 heteroatoms. The third kappa shape index (κ3) is 3.93. The van der Waals surface area contributed by atoms with E-state index in [0.29, 0.717) is 28.6 Å².